The maximum absolute atomic E-state index is 14.6. The van der Waals surface area contributed by atoms with Crippen molar-refractivity contribution in [1.29, 1.82) is 0 Å². The highest BCUT2D eigenvalue weighted by molar-refractivity contribution is 5.88. The minimum atomic E-state index is -0.839. The highest BCUT2D eigenvalue weighted by Crippen LogP contribution is 2.21. The summed E-state index contributed by atoms with van der Waals surface area (Å²) in [4.78, 5) is 28.3. The molecule has 0 bridgehead atoms. The van der Waals surface area contributed by atoms with Crippen LogP contribution in [0.5, 0.6) is 5.75 Å². The molecule has 3 aromatic rings. The Hall–Kier alpha value is -3.67. The lowest BCUT2D eigenvalue weighted by Gasteiger charge is -2.32. The molecule has 0 aliphatic carbocycles. The van der Waals surface area contributed by atoms with Crippen molar-refractivity contribution in [2.45, 2.75) is 52.7 Å². The van der Waals surface area contributed by atoms with Crippen LogP contribution in [-0.2, 0) is 22.6 Å². The molecule has 5 nitrogen and oxygen atoms in total. The third-order valence-corrected chi connectivity index (χ3v) is 5.70. The number of nitrogens with zero attached hydrogens (tertiary/aromatic N) is 1. The first-order valence-electron chi connectivity index (χ1n) is 11.8. The number of benzene rings is 3. The molecule has 6 heteroatoms. The van der Waals surface area contributed by atoms with E-state index in [2.05, 4.69) is 5.32 Å². The number of aryl methyl sites for hydroxylation is 2. The normalized spacial score (nSPS) is 11.7. The number of hydrogen-bond donors (Lipinski definition) is 1. The van der Waals surface area contributed by atoms with Crippen LogP contribution in [0.4, 0.5) is 4.39 Å². The zero-order chi connectivity index (χ0) is 25.4. The van der Waals surface area contributed by atoms with E-state index in [1.54, 1.807) is 18.2 Å². The molecule has 1 N–H and O–H groups in total. The standard InChI is InChI=1S/C29H33FN2O3/c1-20(2)31-29(34)26(17-23-10-6-5-7-11-23)32(18-24-12-8-9-13-25(24)30)28(33)19-35-27-16-21(3)14-15-22(27)4/h5-16,20,26H,17-19H2,1-4H3,(H,31,34)/t26-/m1/s1. The van der Waals surface area contributed by atoms with Crippen LogP contribution in [0, 0.1) is 19.7 Å². The van der Waals surface area contributed by atoms with E-state index in [1.807, 2.05) is 76.2 Å². The van der Waals surface area contributed by atoms with Crippen LogP contribution >= 0.6 is 0 Å². The Bertz CT molecular complexity index is 1150. The number of carbonyl (C=O) groups excluding carboxylic acids is 2. The number of ether oxygens (including phenoxy) is 1. The van der Waals surface area contributed by atoms with Gasteiger partial charge in [0, 0.05) is 24.6 Å². The van der Waals surface area contributed by atoms with Gasteiger partial charge in [-0.15, -0.1) is 0 Å². The number of amides is 2. The van der Waals surface area contributed by atoms with Crippen molar-refractivity contribution in [3.8, 4) is 5.75 Å². The Kier molecular flexibility index (Phi) is 9.01. The predicted molar refractivity (Wildman–Crippen MR) is 136 cm³/mol. The van der Waals surface area contributed by atoms with Crippen LogP contribution in [0.25, 0.3) is 0 Å². The van der Waals surface area contributed by atoms with E-state index in [4.69, 9.17) is 4.74 Å². The molecule has 35 heavy (non-hydrogen) atoms. The van der Waals surface area contributed by atoms with E-state index in [-0.39, 0.29) is 25.1 Å². The van der Waals surface area contributed by atoms with Crippen molar-refractivity contribution in [2.24, 2.45) is 0 Å². The summed E-state index contributed by atoms with van der Waals surface area (Å²) >= 11 is 0. The number of carbonyl (C=O) groups is 2. The molecule has 0 radical (unpaired) electrons. The zero-order valence-corrected chi connectivity index (χ0v) is 20.8. The average Bonchev–Trinajstić information content (AvgIpc) is 2.83. The summed E-state index contributed by atoms with van der Waals surface area (Å²) in [6, 6.07) is 20.6. The van der Waals surface area contributed by atoms with Crippen LogP contribution in [-0.4, -0.2) is 35.4 Å². The summed E-state index contributed by atoms with van der Waals surface area (Å²) in [5, 5.41) is 2.92. The van der Waals surface area contributed by atoms with Crippen molar-refractivity contribution in [1.82, 2.24) is 10.2 Å². The Morgan fingerprint density at radius 2 is 1.66 bits per heavy atom. The Balaban J connectivity index is 1.94. The SMILES string of the molecule is Cc1ccc(C)c(OCC(=O)N(Cc2ccccc2F)[C@H](Cc2ccccc2)C(=O)NC(C)C)c1. The van der Waals surface area contributed by atoms with Crippen molar-refractivity contribution in [2.75, 3.05) is 6.61 Å². The van der Waals surface area contributed by atoms with Gasteiger partial charge in [0.2, 0.25) is 5.91 Å². The van der Waals surface area contributed by atoms with Crippen LogP contribution in [0.3, 0.4) is 0 Å². The van der Waals surface area contributed by atoms with E-state index < -0.39 is 17.8 Å². The van der Waals surface area contributed by atoms with E-state index in [1.165, 1.54) is 11.0 Å². The Morgan fingerprint density at radius 1 is 0.971 bits per heavy atom. The molecular weight excluding hydrogens is 443 g/mol. The van der Waals surface area contributed by atoms with Gasteiger partial charge in [0.1, 0.15) is 17.6 Å². The molecule has 0 aliphatic heterocycles. The summed E-state index contributed by atoms with van der Waals surface area (Å²) in [6.45, 7) is 7.27. The lowest BCUT2D eigenvalue weighted by Crippen LogP contribution is -2.53. The van der Waals surface area contributed by atoms with Crippen LogP contribution in [0.15, 0.2) is 72.8 Å². The molecule has 0 saturated carbocycles. The van der Waals surface area contributed by atoms with Crippen LogP contribution in [0.2, 0.25) is 0 Å². The molecule has 184 valence electrons. The van der Waals surface area contributed by atoms with E-state index in [0.29, 0.717) is 17.7 Å². The molecule has 2 amide bonds. The molecule has 1 atom stereocenters. The van der Waals surface area contributed by atoms with Gasteiger partial charge in [0.25, 0.3) is 5.91 Å². The quantitative estimate of drug-likeness (QED) is 0.449. The number of hydrogen-bond acceptors (Lipinski definition) is 3. The van der Waals surface area contributed by atoms with Crippen molar-refractivity contribution in [3.05, 3.63) is 101 Å². The second kappa shape index (κ2) is 12.2. The molecular formula is C29H33FN2O3. The Labute approximate surface area is 206 Å². The van der Waals surface area contributed by atoms with E-state index >= 15 is 0 Å². The molecule has 0 spiro atoms. The first kappa shape index (κ1) is 25.9. The number of rotatable bonds is 10. The van der Waals surface area contributed by atoms with Crippen molar-refractivity contribution >= 4 is 11.8 Å². The fourth-order valence-electron chi connectivity index (χ4n) is 3.83. The minimum Gasteiger partial charge on any atom is -0.483 e. The van der Waals surface area contributed by atoms with E-state index in [9.17, 15) is 14.0 Å². The molecule has 3 aromatic carbocycles. The molecule has 3 rings (SSSR count). The number of halogens is 1. The first-order chi connectivity index (χ1) is 16.7. The molecule has 0 aliphatic rings. The maximum atomic E-state index is 14.6. The maximum Gasteiger partial charge on any atom is 0.261 e. The van der Waals surface area contributed by atoms with Crippen LogP contribution < -0.4 is 10.1 Å². The lowest BCUT2D eigenvalue weighted by atomic mass is 10.0. The number of nitrogens with one attached hydrogen (secondary N) is 1. The first-order valence-corrected chi connectivity index (χ1v) is 11.8. The fourth-order valence-corrected chi connectivity index (χ4v) is 3.83. The van der Waals surface area contributed by atoms with Gasteiger partial charge in [-0.3, -0.25) is 9.59 Å². The second-order valence-electron chi connectivity index (χ2n) is 9.04. The summed E-state index contributed by atoms with van der Waals surface area (Å²) in [5.41, 5.74) is 3.16. The predicted octanol–water partition coefficient (Wildman–Crippen LogP) is 4.99. The highest BCUT2D eigenvalue weighted by atomic mass is 19.1. The van der Waals surface area contributed by atoms with Gasteiger partial charge in [-0.1, -0.05) is 60.7 Å². The molecule has 0 saturated heterocycles. The third-order valence-electron chi connectivity index (χ3n) is 5.70. The largest absolute Gasteiger partial charge is 0.483 e. The van der Waals surface area contributed by atoms with Crippen molar-refractivity contribution in [3.63, 3.8) is 0 Å². The van der Waals surface area contributed by atoms with Crippen molar-refractivity contribution < 1.29 is 18.7 Å². The molecule has 0 unspecified atom stereocenters. The van der Waals surface area contributed by atoms with Gasteiger partial charge in [0.05, 0.1) is 0 Å². The second-order valence-corrected chi connectivity index (χ2v) is 9.04. The summed E-state index contributed by atoms with van der Waals surface area (Å²) in [6.07, 6.45) is 0.295. The zero-order valence-electron chi connectivity index (χ0n) is 20.8. The molecule has 0 fully saturated rings. The van der Waals surface area contributed by atoms with Gasteiger partial charge in [-0.05, 0) is 56.5 Å². The smallest absolute Gasteiger partial charge is 0.261 e. The van der Waals surface area contributed by atoms with Gasteiger partial charge in [-0.2, -0.15) is 0 Å². The monoisotopic (exact) mass is 476 g/mol. The summed E-state index contributed by atoms with van der Waals surface area (Å²) < 4.78 is 20.5. The molecule has 0 aromatic heterocycles. The minimum absolute atomic E-state index is 0.0509. The third kappa shape index (κ3) is 7.41. The van der Waals surface area contributed by atoms with Crippen LogP contribution in [0.1, 0.15) is 36.1 Å². The highest BCUT2D eigenvalue weighted by Gasteiger charge is 2.31. The topological polar surface area (TPSA) is 58.6 Å². The summed E-state index contributed by atoms with van der Waals surface area (Å²) in [5.74, 6) is -0.506. The summed E-state index contributed by atoms with van der Waals surface area (Å²) in [7, 11) is 0. The lowest BCUT2D eigenvalue weighted by molar-refractivity contribution is -0.143. The van der Waals surface area contributed by atoms with Gasteiger partial charge < -0.3 is 15.0 Å². The fraction of sp³-hybridized carbons (Fsp3) is 0.310. The van der Waals surface area contributed by atoms with E-state index in [0.717, 1.165) is 16.7 Å². The van der Waals surface area contributed by atoms with Gasteiger partial charge in [0.15, 0.2) is 6.61 Å². The average molecular weight is 477 g/mol. The van der Waals surface area contributed by atoms with Gasteiger partial charge in [-0.25, -0.2) is 4.39 Å². The molecule has 0 heterocycles. The van der Waals surface area contributed by atoms with Gasteiger partial charge >= 0.3 is 0 Å². The Morgan fingerprint density at radius 3 is 2.34 bits per heavy atom.